The van der Waals surface area contributed by atoms with Gasteiger partial charge in [-0.25, -0.2) is 4.90 Å². The minimum absolute atomic E-state index is 0.0316. The number of imide groups is 1. The fourth-order valence-corrected chi connectivity index (χ4v) is 6.72. The average molecular weight is 639 g/mol. The Morgan fingerprint density at radius 3 is 2.22 bits per heavy atom. The molecule has 2 aromatic carbocycles. The summed E-state index contributed by atoms with van der Waals surface area (Å²) in [6.07, 6.45) is 1.23. The van der Waals surface area contributed by atoms with Gasteiger partial charge in [0, 0.05) is 22.6 Å². The molecule has 3 aliphatic rings. The largest absolute Gasteiger partial charge is 0.426 e. The van der Waals surface area contributed by atoms with Crippen molar-refractivity contribution >= 4 is 78.5 Å². The van der Waals surface area contributed by atoms with Crippen LogP contribution in [0.15, 0.2) is 42.5 Å². The van der Waals surface area contributed by atoms with Gasteiger partial charge in [0.15, 0.2) is 0 Å². The highest BCUT2D eigenvalue weighted by molar-refractivity contribution is 9.12. The zero-order chi connectivity index (χ0) is 25.7. The van der Waals surface area contributed by atoms with E-state index in [0.717, 1.165) is 0 Å². The molecule has 10 heteroatoms. The third kappa shape index (κ3) is 4.50. The van der Waals surface area contributed by atoms with Crippen LogP contribution in [0.3, 0.4) is 0 Å². The van der Waals surface area contributed by atoms with Gasteiger partial charge >= 0.3 is 5.97 Å². The number of amides is 3. The van der Waals surface area contributed by atoms with Crippen molar-refractivity contribution in [1.29, 1.82) is 0 Å². The van der Waals surface area contributed by atoms with Gasteiger partial charge in [0.2, 0.25) is 17.7 Å². The molecule has 2 aliphatic heterocycles. The number of anilines is 2. The second-order valence-corrected chi connectivity index (χ2v) is 12.2. The van der Waals surface area contributed by atoms with Crippen LogP contribution in [0.2, 0.25) is 5.02 Å². The van der Waals surface area contributed by atoms with Gasteiger partial charge in [-0.05, 0) is 55.7 Å². The first-order chi connectivity index (χ1) is 17.2. The lowest BCUT2D eigenvalue weighted by atomic mass is 9.81. The Balaban J connectivity index is 1.29. The molecule has 5 atom stereocenters. The number of benzene rings is 2. The van der Waals surface area contributed by atoms with E-state index in [4.69, 9.17) is 16.3 Å². The van der Waals surface area contributed by atoms with Gasteiger partial charge in [-0.1, -0.05) is 55.6 Å². The molecule has 0 unspecified atom stereocenters. The van der Waals surface area contributed by atoms with E-state index < -0.39 is 11.9 Å². The van der Waals surface area contributed by atoms with E-state index >= 15 is 0 Å². The molecular weight excluding hydrogens is 616 g/mol. The van der Waals surface area contributed by atoms with Crippen molar-refractivity contribution in [2.24, 2.45) is 17.8 Å². The molecule has 3 amide bonds. The summed E-state index contributed by atoms with van der Waals surface area (Å²) in [6, 6.07) is 11.8. The molecule has 0 radical (unpaired) electrons. The van der Waals surface area contributed by atoms with Crippen LogP contribution in [0.5, 0.6) is 5.75 Å². The first-order valence-corrected chi connectivity index (χ1v) is 13.9. The number of para-hydroxylation sites is 1. The highest BCUT2D eigenvalue weighted by Gasteiger charge is 2.52. The Labute approximate surface area is 230 Å². The minimum atomic E-state index is -0.631. The molecule has 2 saturated heterocycles. The van der Waals surface area contributed by atoms with Crippen molar-refractivity contribution in [3.05, 3.63) is 53.1 Å². The fraction of sp³-hybridized carbons (Fsp3) is 0.385. The van der Waals surface area contributed by atoms with Crippen LogP contribution in [0.25, 0.3) is 0 Å². The summed E-state index contributed by atoms with van der Waals surface area (Å²) in [5.41, 5.74) is 1.71. The van der Waals surface area contributed by atoms with E-state index in [2.05, 4.69) is 31.9 Å². The molecule has 36 heavy (non-hydrogen) atoms. The quantitative estimate of drug-likeness (QED) is 0.203. The van der Waals surface area contributed by atoms with Gasteiger partial charge in [-0.3, -0.25) is 19.2 Å². The lowest BCUT2D eigenvalue weighted by Gasteiger charge is -2.29. The van der Waals surface area contributed by atoms with Crippen molar-refractivity contribution < 1.29 is 23.9 Å². The van der Waals surface area contributed by atoms with Crippen LogP contribution in [0.4, 0.5) is 11.4 Å². The maximum Gasteiger partial charge on any atom is 0.316 e. The lowest BCUT2D eigenvalue weighted by molar-refractivity contribution is -0.139. The lowest BCUT2D eigenvalue weighted by Crippen LogP contribution is -2.34. The average Bonchev–Trinajstić information content (AvgIpc) is 3.33. The molecule has 0 aromatic heterocycles. The zero-order valence-corrected chi connectivity index (χ0v) is 23.3. The molecule has 2 aromatic rings. The number of fused-ring (bicyclic) bond motifs is 1. The Morgan fingerprint density at radius 2 is 1.61 bits per heavy atom. The summed E-state index contributed by atoms with van der Waals surface area (Å²) >= 11 is 13.4. The summed E-state index contributed by atoms with van der Waals surface area (Å²) in [5, 5.41) is 0.440. The summed E-state index contributed by atoms with van der Waals surface area (Å²) < 4.78 is 5.58. The van der Waals surface area contributed by atoms with Gasteiger partial charge in [-0.15, -0.1) is 0 Å². The molecule has 1 saturated carbocycles. The van der Waals surface area contributed by atoms with Crippen LogP contribution in [0, 0.1) is 24.7 Å². The molecule has 188 valence electrons. The molecular formula is C26H23Br2ClN2O5. The van der Waals surface area contributed by atoms with Crippen LogP contribution in [-0.2, 0) is 19.2 Å². The number of esters is 1. The Bertz CT molecular complexity index is 1240. The van der Waals surface area contributed by atoms with Crippen LogP contribution in [0.1, 0.15) is 24.8 Å². The number of hydrogen-bond donors (Lipinski definition) is 0. The van der Waals surface area contributed by atoms with Gasteiger partial charge in [0.05, 0.1) is 34.2 Å². The van der Waals surface area contributed by atoms with E-state index in [1.165, 1.54) is 9.80 Å². The van der Waals surface area contributed by atoms with E-state index in [0.29, 0.717) is 40.6 Å². The van der Waals surface area contributed by atoms with E-state index in [1.807, 2.05) is 0 Å². The van der Waals surface area contributed by atoms with E-state index in [-0.39, 0.29) is 52.2 Å². The highest BCUT2D eigenvalue weighted by atomic mass is 79.9. The number of hydrogen-bond acceptors (Lipinski definition) is 5. The smallest absolute Gasteiger partial charge is 0.316 e. The molecule has 7 nitrogen and oxygen atoms in total. The molecule has 0 N–H and O–H groups in total. The second-order valence-electron chi connectivity index (χ2n) is 9.45. The predicted molar refractivity (Wildman–Crippen MR) is 143 cm³/mol. The Kier molecular flexibility index (Phi) is 7.00. The topological polar surface area (TPSA) is 84.0 Å². The summed E-state index contributed by atoms with van der Waals surface area (Å²) in [7, 11) is 0. The van der Waals surface area contributed by atoms with Crippen molar-refractivity contribution in [2.75, 3.05) is 16.3 Å². The van der Waals surface area contributed by atoms with Crippen LogP contribution in [-0.4, -0.2) is 39.9 Å². The highest BCUT2D eigenvalue weighted by Crippen LogP contribution is 2.45. The van der Waals surface area contributed by atoms with Crippen LogP contribution < -0.4 is 14.5 Å². The molecule has 2 heterocycles. The van der Waals surface area contributed by atoms with Crippen LogP contribution >= 0.6 is 43.5 Å². The first kappa shape index (κ1) is 25.4. The number of carbonyl (C=O) groups excluding carboxylic acids is 4. The summed E-state index contributed by atoms with van der Waals surface area (Å²) in [6.45, 7) is 1.95. The van der Waals surface area contributed by atoms with E-state index in [9.17, 15) is 19.2 Å². The number of halogens is 3. The molecule has 0 bridgehead atoms. The first-order valence-electron chi connectivity index (χ1n) is 11.7. The number of nitrogens with zero attached hydrogens (tertiary/aromatic N) is 2. The normalized spacial score (nSPS) is 28.0. The third-order valence-electron chi connectivity index (χ3n) is 7.14. The standard InChI is InChI=1S/C26H23Br2ClN2O5/c1-13-8-15(36-26(35)14-9-23(32)30(12-14)22-5-3-2-4-20(22)29)6-7-21(13)31-24(33)16-10-18(27)19(28)11-17(16)25(31)34/h2-8,14,16-19H,9-12H2,1H3/t14-,16-,17+,18+,19-/m1/s1. The molecule has 5 rings (SSSR count). The monoisotopic (exact) mass is 636 g/mol. The number of carbonyl (C=O) groups is 4. The number of ether oxygens (including phenoxy) is 1. The van der Waals surface area contributed by atoms with Crippen molar-refractivity contribution in [2.45, 2.75) is 35.8 Å². The third-order valence-corrected chi connectivity index (χ3v) is 10.2. The molecule has 1 aliphatic carbocycles. The maximum absolute atomic E-state index is 13.1. The minimum Gasteiger partial charge on any atom is -0.426 e. The zero-order valence-electron chi connectivity index (χ0n) is 19.3. The summed E-state index contributed by atoms with van der Waals surface area (Å²) in [5.74, 6) is -2.11. The molecule has 0 spiro atoms. The Morgan fingerprint density at radius 1 is 0.972 bits per heavy atom. The van der Waals surface area contributed by atoms with Gasteiger partial charge in [0.1, 0.15) is 5.75 Å². The fourth-order valence-electron chi connectivity index (χ4n) is 5.24. The summed E-state index contributed by atoms with van der Waals surface area (Å²) in [4.78, 5) is 54.7. The number of alkyl halides is 2. The van der Waals surface area contributed by atoms with E-state index in [1.54, 1.807) is 49.4 Å². The van der Waals surface area contributed by atoms with Gasteiger partial charge < -0.3 is 9.64 Å². The molecule has 3 fully saturated rings. The van der Waals surface area contributed by atoms with Gasteiger partial charge in [0.25, 0.3) is 0 Å². The van der Waals surface area contributed by atoms with Crippen molar-refractivity contribution in [1.82, 2.24) is 0 Å². The maximum atomic E-state index is 13.1. The number of rotatable bonds is 4. The van der Waals surface area contributed by atoms with Crippen molar-refractivity contribution in [3.8, 4) is 5.75 Å². The number of aryl methyl sites for hydroxylation is 1. The Hall–Kier alpha value is -2.23. The SMILES string of the molecule is Cc1cc(OC(=O)[C@@H]2CC(=O)N(c3ccccc3Cl)C2)ccc1N1C(=O)[C@H]2C[C@@H](Br)[C@@H](Br)C[C@H]2C1=O. The predicted octanol–water partition coefficient (Wildman–Crippen LogP) is 5.03. The van der Waals surface area contributed by atoms with Crippen molar-refractivity contribution in [3.63, 3.8) is 0 Å². The van der Waals surface area contributed by atoms with Gasteiger partial charge in [-0.2, -0.15) is 0 Å². The second kappa shape index (κ2) is 9.91.